The fourth-order valence-electron chi connectivity index (χ4n) is 4.85. The van der Waals surface area contributed by atoms with E-state index in [9.17, 15) is 27.6 Å². The van der Waals surface area contributed by atoms with Gasteiger partial charge in [0.25, 0.3) is 11.8 Å². The molecule has 2 atom stereocenters. The smallest absolute Gasteiger partial charge is 0.376 e. The molecule has 33 heavy (non-hydrogen) atoms. The molecule has 0 radical (unpaired) electrons. The van der Waals surface area contributed by atoms with Crippen molar-refractivity contribution in [3.8, 4) is 0 Å². The van der Waals surface area contributed by atoms with E-state index >= 15 is 0 Å². The summed E-state index contributed by atoms with van der Waals surface area (Å²) in [4.78, 5) is 40.5. The van der Waals surface area contributed by atoms with Gasteiger partial charge in [-0.05, 0) is 48.9 Å². The van der Waals surface area contributed by atoms with Crippen LogP contribution in [-0.2, 0) is 14.3 Å². The number of amides is 2. The number of Topliss-reactive ketones (excluding diaryl/α,β-unsaturated/α-hetero) is 1. The van der Waals surface area contributed by atoms with Crippen molar-refractivity contribution >= 4 is 29.2 Å². The van der Waals surface area contributed by atoms with Gasteiger partial charge < -0.3 is 15.0 Å². The van der Waals surface area contributed by atoms with Gasteiger partial charge in [-0.2, -0.15) is 13.2 Å². The predicted molar refractivity (Wildman–Crippen MR) is 113 cm³/mol. The van der Waals surface area contributed by atoms with Crippen LogP contribution in [0.25, 0.3) is 0 Å². The first-order chi connectivity index (χ1) is 15.4. The fourth-order valence-corrected chi connectivity index (χ4v) is 4.98. The van der Waals surface area contributed by atoms with E-state index in [1.165, 1.54) is 24.3 Å². The van der Waals surface area contributed by atoms with Crippen LogP contribution < -0.4 is 5.32 Å². The van der Waals surface area contributed by atoms with E-state index < -0.39 is 46.4 Å². The van der Waals surface area contributed by atoms with E-state index in [0.29, 0.717) is 18.1 Å². The molecule has 2 heterocycles. The molecule has 1 aromatic rings. The predicted octanol–water partition coefficient (Wildman–Crippen LogP) is 4.04. The Morgan fingerprint density at radius 2 is 1.88 bits per heavy atom. The summed E-state index contributed by atoms with van der Waals surface area (Å²) in [5.74, 6) is -3.29. The van der Waals surface area contributed by atoms with Crippen LogP contribution in [-0.4, -0.2) is 53.5 Å². The van der Waals surface area contributed by atoms with Gasteiger partial charge in [-0.15, -0.1) is 0 Å². The normalized spacial score (nSPS) is 27.2. The van der Waals surface area contributed by atoms with Crippen molar-refractivity contribution in [2.24, 2.45) is 5.41 Å². The minimum Gasteiger partial charge on any atom is -0.376 e. The standard InChI is InChI=1S/C23H24ClF3N2O4/c1-21(2)10-16-18(17(30)11-21)22(23(25,26)27,20(32)29(16)12-15-4-3-9-33-15)28-19(31)13-5-7-14(24)8-6-13/h5-8,15H,3-4,9-12H2,1-2H3,(H,28,31)/t15-,22+/m0/s1. The summed E-state index contributed by atoms with van der Waals surface area (Å²) in [6, 6.07) is 5.23. The van der Waals surface area contributed by atoms with Crippen LogP contribution in [0.15, 0.2) is 35.5 Å². The van der Waals surface area contributed by atoms with E-state index in [2.05, 4.69) is 0 Å². The van der Waals surface area contributed by atoms with Crippen LogP contribution in [0.5, 0.6) is 0 Å². The zero-order valence-electron chi connectivity index (χ0n) is 18.2. The van der Waals surface area contributed by atoms with Gasteiger partial charge in [0.2, 0.25) is 5.54 Å². The SMILES string of the molecule is CC1(C)CC(=O)C2=C(C1)N(C[C@@H]1CCCO1)C(=O)[C@@]2(NC(=O)c1ccc(Cl)cc1)C(F)(F)F. The molecule has 1 aliphatic carbocycles. The largest absolute Gasteiger partial charge is 0.425 e. The maximum atomic E-state index is 14.7. The van der Waals surface area contributed by atoms with Crippen molar-refractivity contribution in [3.05, 3.63) is 46.1 Å². The molecule has 6 nitrogen and oxygen atoms in total. The summed E-state index contributed by atoms with van der Waals surface area (Å²) in [6.45, 7) is 3.89. The molecular weight excluding hydrogens is 461 g/mol. The number of ether oxygens (including phenoxy) is 1. The third-order valence-electron chi connectivity index (χ3n) is 6.36. The molecule has 4 rings (SSSR count). The Morgan fingerprint density at radius 1 is 1.21 bits per heavy atom. The minimum atomic E-state index is -5.24. The summed E-state index contributed by atoms with van der Waals surface area (Å²) in [5, 5.41) is 2.21. The topological polar surface area (TPSA) is 75.7 Å². The molecule has 0 bridgehead atoms. The molecule has 2 aliphatic heterocycles. The zero-order chi connectivity index (χ0) is 24.2. The number of nitrogens with one attached hydrogen (secondary N) is 1. The number of alkyl halides is 3. The average Bonchev–Trinajstić information content (AvgIpc) is 3.29. The molecule has 0 unspecified atom stereocenters. The second kappa shape index (κ2) is 8.13. The van der Waals surface area contributed by atoms with E-state index in [1.54, 1.807) is 13.8 Å². The molecular formula is C23H24ClF3N2O4. The second-order valence-electron chi connectivity index (χ2n) is 9.52. The van der Waals surface area contributed by atoms with Crippen LogP contribution in [0.4, 0.5) is 13.2 Å². The van der Waals surface area contributed by atoms with Gasteiger partial charge in [-0.3, -0.25) is 14.4 Å². The first-order valence-corrected chi connectivity index (χ1v) is 11.1. The first kappa shape index (κ1) is 23.8. The second-order valence-corrected chi connectivity index (χ2v) is 9.96. The van der Waals surface area contributed by atoms with Crippen molar-refractivity contribution in [1.82, 2.24) is 10.2 Å². The molecule has 2 amide bonds. The van der Waals surface area contributed by atoms with Gasteiger partial charge in [0.15, 0.2) is 5.78 Å². The lowest BCUT2D eigenvalue weighted by molar-refractivity contribution is -0.191. The number of nitrogens with zero attached hydrogens (tertiary/aromatic N) is 1. The lowest BCUT2D eigenvalue weighted by Gasteiger charge is -2.35. The van der Waals surface area contributed by atoms with E-state index in [1.807, 2.05) is 5.32 Å². The van der Waals surface area contributed by atoms with Gasteiger partial charge in [-0.1, -0.05) is 25.4 Å². The number of hydrogen-bond donors (Lipinski definition) is 1. The van der Waals surface area contributed by atoms with Crippen molar-refractivity contribution < 1.29 is 32.3 Å². The Labute approximate surface area is 194 Å². The third-order valence-corrected chi connectivity index (χ3v) is 6.61. The summed E-state index contributed by atoms with van der Waals surface area (Å²) in [7, 11) is 0. The maximum Gasteiger partial charge on any atom is 0.425 e. The molecule has 1 N–H and O–H groups in total. The molecule has 3 aliphatic rings. The van der Waals surface area contributed by atoms with Gasteiger partial charge in [-0.25, -0.2) is 0 Å². The number of benzene rings is 1. The van der Waals surface area contributed by atoms with Crippen LogP contribution >= 0.6 is 11.6 Å². The maximum absolute atomic E-state index is 14.7. The fraction of sp³-hybridized carbons (Fsp3) is 0.522. The Morgan fingerprint density at radius 3 is 2.45 bits per heavy atom. The Bertz CT molecular complexity index is 1030. The third kappa shape index (κ3) is 4.05. The van der Waals surface area contributed by atoms with Crippen LogP contribution in [0.2, 0.25) is 5.02 Å². The summed E-state index contributed by atoms with van der Waals surface area (Å²) in [6.07, 6.45) is -4.41. The van der Waals surface area contributed by atoms with Gasteiger partial charge in [0, 0.05) is 29.3 Å². The number of hydrogen-bond acceptors (Lipinski definition) is 4. The average molecular weight is 485 g/mol. The minimum absolute atomic E-state index is 0.0190. The zero-order valence-corrected chi connectivity index (χ0v) is 19.0. The van der Waals surface area contributed by atoms with Crippen LogP contribution in [0.3, 0.4) is 0 Å². The lowest BCUT2D eigenvalue weighted by Crippen LogP contribution is -2.66. The van der Waals surface area contributed by atoms with E-state index in [4.69, 9.17) is 16.3 Å². The number of ketones is 1. The molecule has 0 spiro atoms. The highest BCUT2D eigenvalue weighted by atomic mass is 35.5. The van der Waals surface area contributed by atoms with Crippen LogP contribution in [0.1, 0.15) is 49.9 Å². The van der Waals surface area contributed by atoms with E-state index in [-0.39, 0.29) is 30.6 Å². The number of carbonyl (C=O) groups is 3. The van der Waals surface area contributed by atoms with Crippen molar-refractivity contribution in [2.75, 3.05) is 13.2 Å². The van der Waals surface area contributed by atoms with Crippen molar-refractivity contribution in [3.63, 3.8) is 0 Å². The molecule has 1 fully saturated rings. The molecule has 1 saturated heterocycles. The monoisotopic (exact) mass is 484 g/mol. The van der Waals surface area contributed by atoms with Crippen LogP contribution in [0, 0.1) is 5.41 Å². The van der Waals surface area contributed by atoms with Gasteiger partial charge in [0.05, 0.1) is 18.2 Å². The molecule has 178 valence electrons. The number of rotatable bonds is 4. The molecule has 1 aromatic carbocycles. The number of carbonyl (C=O) groups excluding carboxylic acids is 3. The van der Waals surface area contributed by atoms with E-state index in [0.717, 1.165) is 11.3 Å². The molecule has 10 heteroatoms. The first-order valence-electron chi connectivity index (χ1n) is 10.7. The Balaban J connectivity index is 1.83. The number of halogens is 4. The number of allylic oxidation sites excluding steroid dienone is 1. The highest BCUT2D eigenvalue weighted by Crippen LogP contribution is 2.52. The highest BCUT2D eigenvalue weighted by molar-refractivity contribution is 6.30. The highest BCUT2D eigenvalue weighted by Gasteiger charge is 2.71. The Kier molecular flexibility index (Phi) is 5.85. The van der Waals surface area contributed by atoms with Crippen molar-refractivity contribution in [2.45, 2.75) is 57.3 Å². The van der Waals surface area contributed by atoms with Gasteiger partial charge >= 0.3 is 6.18 Å². The summed E-state index contributed by atoms with van der Waals surface area (Å²) in [5.41, 5.74) is -4.86. The lowest BCUT2D eigenvalue weighted by atomic mass is 9.72. The molecule has 0 aromatic heterocycles. The molecule has 0 saturated carbocycles. The summed E-state index contributed by atoms with van der Waals surface area (Å²) < 4.78 is 49.7. The summed E-state index contributed by atoms with van der Waals surface area (Å²) >= 11 is 5.81. The van der Waals surface area contributed by atoms with Crippen molar-refractivity contribution in [1.29, 1.82) is 0 Å². The quantitative estimate of drug-likeness (QED) is 0.700. The Hall–Kier alpha value is -2.39. The van der Waals surface area contributed by atoms with Gasteiger partial charge in [0.1, 0.15) is 0 Å².